The number of methoxy groups -OCH3 is 1. The largest absolute Gasteiger partial charge is 0.519 e. The van der Waals surface area contributed by atoms with Gasteiger partial charge in [-0.2, -0.15) is 5.21 Å². The quantitative estimate of drug-likeness (QED) is 0.0501. The molecule has 0 aliphatic rings. The van der Waals surface area contributed by atoms with E-state index in [9.17, 15) is 29.4 Å². The second kappa shape index (κ2) is 27.6. The highest BCUT2D eigenvalue weighted by Gasteiger charge is 2.35. The third kappa shape index (κ3) is 14.5. The number of nitrogens with one attached hydrogen (secondary N) is 1. The van der Waals surface area contributed by atoms with Crippen molar-refractivity contribution >= 4 is 11.9 Å². The van der Waals surface area contributed by atoms with Crippen molar-refractivity contribution in [1.29, 1.82) is 0 Å². The third-order valence-corrected chi connectivity index (χ3v) is 15.1. The molecule has 0 spiro atoms. The summed E-state index contributed by atoms with van der Waals surface area (Å²) in [6, 6.07) is 37.7. The van der Waals surface area contributed by atoms with Crippen LogP contribution in [0.15, 0.2) is 143 Å². The predicted molar refractivity (Wildman–Crippen MR) is 334 cm³/mol. The summed E-state index contributed by atoms with van der Waals surface area (Å²) >= 11 is 0. The molecule has 0 saturated carbocycles. The van der Waals surface area contributed by atoms with Crippen LogP contribution < -0.4 is 16.4 Å². The van der Waals surface area contributed by atoms with E-state index in [0.29, 0.717) is 55.8 Å². The number of aliphatic hydroxyl groups is 2. The summed E-state index contributed by atoms with van der Waals surface area (Å²) in [7, 11) is 1.65. The van der Waals surface area contributed by atoms with Crippen molar-refractivity contribution in [2.45, 2.75) is 132 Å². The molecule has 0 atom stereocenters. The molecule has 476 valence electrons. The highest BCUT2D eigenvalue weighted by Crippen LogP contribution is 2.35. The average Bonchev–Trinajstić information content (AvgIpc) is 1.60. The predicted octanol–water partition coefficient (Wildman–Crippen LogP) is 10.2. The molecular formula is C67H70N12O13. The fourth-order valence-corrected chi connectivity index (χ4v) is 10.6. The standard InChI is InChI=1S/C38H40N6O7.C29H30N6O6/c1-7-10-32-39-34(38(4,5)47)33(36(45)49-22-31-24(3)50-37(46)51-31)43(32)20-25-14-17-26(18-15-25)28-11-8-9-12-29(28)35-40-41-42-44(35)21-27-16-13-23(2)19-30(27)48-6;1-5-8-23-30-25(29(3,4)38)24(27(36)39-16-22-17(2)40-28(37)41-22)35(23)15-18-11-13-19(14-12-18)20-9-6-7-10-21(20)26-31-33-34-32-26/h8-9,11-19,47H,7,10,20-22H2,1-6H3;6-7,9-14,38H,5,8,15-16H2,1-4H3,(H,31,32,33,34). The number of hydrogen-bond donors (Lipinski definition) is 3. The van der Waals surface area contributed by atoms with Crippen molar-refractivity contribution in [3.63, 3.8) is 0 Å². The number of H-pyrrole nitrogens is 1. The lowest BCUT2D eigenvalue weighted by molar-refractivity contribution is 0.0391. The Labute approximate surface area is 527 Å². The Bertz CT molecular complexity index is 4490. The molecule has 92 heavy (non-hydrogen) atoms. The molecule has 0 amide bonds. The second-order valence-electron chi connectivity index (χ2n) is 23.0. The zero-order chi connectivity index (χ0) is 65.4. The fourth-order valence-electron chi connectivity index (χ4n) is 10.6. The molecule has 0 saturated heterocycles. The van der Waals surface area contributed by atoms with Gasteiger partial charge in [0.2, 0.25) is 5.82 Å². The van der Waals surface area contributed by atoms with Gasteiger partial charge in [-0.25, -0.2) is 33.8 Å². The maximum absolute atomic E-state index is 13.6. The van der Waals surface area contributed by atoms with Crippen LogP contribution in [0.3, 0.4) is 0 Å². The number of aryl methyl sites for hydroxylation is 5. The van der Waals surface area contributed by atoms with Crippen LogP contribution in [0, 0.1) is 20.8 Å². The molecular weight excluding hydrogens is 1180 g/mol. The van der Waals surface area contributed by atoms with Gasteiger partial charge < -0.3 is 51.2 Å². The van der Waals surface area contributed by atoms with E-state index in [1.54, 1.807) is 62.5 Å². The smallest absolute Gasteiger partial charge is 0.496 e. The Morgan fingerprint density at radius 2 is 1.08 bits per heavy atom. The van der Waals surface area contributed by atoms with Crippen LogP contribution in [0.4, 0.5) is 0 Å². The summed E-state index contributed by atoms with van der Waals surface area (Å²) in [5.41, 5.74) is 7.20. The molecule has 0 aliphatic heterocycles. The van der Waals surface area contributed by atoms with E-state index in [2.05, 4.69) is 41.1 Å². The number of hydrogen-bond acceptors (Lipinski definition) is 21. The number of nitrogens with zero attached hydrogens (tertiary/aromatic N) is 11. The first kappa shape index (κ1) is 64.3. The topological polar surface area (TPSA) is 323 Å². The van der Waals surface area contributed by atoms with E-state index < -0.39 is 34.8 Å². The number of esters is 2. The molecule has 5 aromatic carbocycles. The number of rotatable bonds is 23. The molecule has 0 aliphatic carbocycles. The van der Waals surface area contributed by atoms with Crippen LogP contribution >= 0.6 is 0 Å². The number of tetrazole rings is 2. The number of carbonyl (C=O) groups is 2. The van der Waals surface area contributed by atoms with E-state index in [1.807, 2.05) is 136 Å². The number of imidazole rings is 2. The van der Waals surface area contributed by atoms with Crippen LogP contribution in [0.5, 0.6) is 5.75 Å². The van der Waals surface area contributed by atoms with Crippen LogP contribution in [0.2, 0.25) is 0 Å². The SMILES string of the molecule is CCCc1nc(C(C)(C)O)c(C(=O)OCc2oc(=O)oc2C)n1Cc1ccc(-c2ccccc2-c2nn[nH]n2)cc1.CCCc1nc(C(C)(C)O)c(C(=O)OCc2oc(=O)oc2C)n1Cc1ccc(-c2ccccc2-c2nnnn2Cc2ccc(C)cc2OC)cc1. The van der Waals surface area contributed by atoms with E-state index in [1.165, 1.54) is 0 Å². The number of aromatic amines is 1. The maximum Gasteiger partial charge on any atom is 0.519 e. The summed E-state index contributed by atoms with van der Waals surface area (Å²) < 4.78 is 41.8. The first-order valence-corrected chi connectivity index (χ1v) is 29.8. The van der Waals surface area contributed by atoms with Gasteiger partial charge in [-0.15, -0.1) is 15.3 Å². The summed E-state index contributed by atoms with van der Waals surface area (Å²) in [6.45, 7) is 15.9. The number of benzene rings is 5. The normalized spacial score (nSPS) is 11.6. The second-order valence-corrected chi connectivity index (χ2v) is 23.0. The average molecular weight is 1250 g/mol. The number of carbonyl (C=O) groups excluding carboxylic acids is 2. The molecule has 25 nitrogen and oxygen atoms in total. The molecule has 6 heterocycles. The zero-order valence-electron chi connectivity index (χ0n) is 52.6. The van der Waals surface area contributed by atoms with Crippen molar-refractivity contribution in [1.82, 2.24) is 59.9 Å². The van der Waals surface area contributed by atoms with E-state index >= 15 is 0 Å². The minimum absolute atomic E-state index is 0.109. The van der Waals surface area contributed by atoms with Crippen LogP contribution in [-0.4, -0.2) is 89.2 Å². The van der Waals surface area contributed by atoms with Gasteiger partial charge in [-0.1, -0.05) is 123 Å². The number of ether oxygens (including phenoxy) is 3. The van der Waals surface area contributed by atoms with E-state index in [0.717, 1.165) is 74.2 Å². The van der Waals surface area contributed by atoms with Crippen LogP contribution in [-0.2, 0) is 66.4 Å². The van der Waals surface area contributed by atoms with Gasteiger partial charge in [0.15, 0.2) is 53.5 Å². The van der Waals surface area contributed by atoms with Crippen LogP contribution in [0.1, 0.15) is 144 Å². The summed E-state index contributed by atoms with van der Waals surface area (Å²) in [5.74, 6) is 0.688. The van der Waals surface area contributed by atoms with Crippen LogP contribution in [0.25, 0.3) is 45.0 Å². The molecule has 0 fully saturated rings. The van der Waals surface area contributed by atoms with Gasteiger partial charge in [0.25, 0.3) is 0 Å². The zero-order valence-corrected chi connectivity index (χ0v) is 52.6. The minimum Gasteiger partial charge on any atom is -0.496 e. The lowest BCUT2D eigenvalue weighted by Gasteiger charge is -2.18. The Morgan fingerprint density at radius 1 is 0.598 bits per heavy atom. The monoisotopic (exact) mass is 1250 g/mol. The molecule has 25 heteroatoms. The van der Waals surface area contributed by atoms with Crippen molar-refractivity contribution in [3.05, 3.63) is 216 Å². The van der Waals surface area contributed by atoms with Gasteiger partial charge >= 0.3 is 23.6 Å². The fraction of sp³-hybridized carbons (Fsp3) is 0.313. The summed E-state index contributed by atoms with van der Waals surface area (Å²) in [5, 5.41) is 49.0. The van der Waals surface area contributed by atoms with Gasteiger partial charge in [0.05, 0.1) is 13.7 Å². The first-order chi connectivity index (χ1) is 44.1. The molecule has 0 bridgehead atoms. The highest BCUT2D eigenvalue weighted by molar-refractivity contribution is 5.90. The lowest BCUT2D eigenvalue weighted by Crippen LogP contribution is -2.23. The molecule has 3 N–H and O–H groups in total. The molecule has 11 aromatic rings. The summed E-state index contributed by atoms with van der Waals surface area (Å²) in [6.07, 6.45) is 2.70. The van der Waals surface area contributed by atoms with Crippen molar-refractivity contribution < 1.29 is 51.7 Å². The number of aromatic nitrogens is 12. The minimum atomic E-state index is -1.44. The Balaban J connectivity index is 0.000000206. The lowest BCUT2D eigenvalue weighted by atomic mass is 9.98. The maximum atomic E-state index is 13.6. The van der Waals surface area contributed by atoms with Gasteiger partial charge in [-0.3, -0.25) is 0 Å². The van der Waals surface area contributed by atoms with Crippen molar-refractivity contribution in [2.75, 3.05) is 7.11 Å². The Hall–Kier alpha value is -10.7. The first-order valence-electron chi connectivity index (χ1n) is 29.8. The molecule has 11 rings (SSSR count). The Morgan fingerprint density at radius 3 is 1.51 bits per heavy atom. The molecule has 0 unspecified atom stereocenters. The van der Waals surface area contributed by atoms with Crippen molar-refractivity contribution in [3.8, 4) is 50.8 Å². The van der Waals surface area contributed by atoms with Crippen molar-refractivity contribution in [2.24, 2.45) is 0 Å². The van der Waals surface area contributed by atoms with E-state index in [4.69, 9.17) is 36.9 Å². The third-order valence-electron chi connectivity index (χ3n) is 15.1. The molecule has 0 radical (unpaired) electrons. The van der Waals surface area contributed by atoms with E-state index in [-0.39, 0.29) is 59.0 Å². The Kier molecular flexibility index (Phi) is 19.3. The van der Waals surface area contributed by atoms with Gasteiger partial charge in [-0.05, 0) is 122 Å². The molecule has 6 aromatic heterocycles. The van der Waals surface area contributed by atoms with Gasteiger partial charge in [0.1, 0.15) is 40.0 Å². The summed E-state index contributed by atoms with van der Waals surface area (Å²) in [4.78, 5) is 59.4. The van der Waals surface area contributed by atoms with Gasteiger partial charge in [0, 0.05) is 42.6 Å². The highest BCUT2D eigenvalue weighted by atomic mass is 16.6.